The first-order valence-electron chi connectivity index (χ1n) is 7.18. The third kappa shape index (κ3) is 2.69. The molecule has 6 nitrogen and oxygen atoms in total. The largest absolute Gasteiger partial charge is 0.452 e. The summed E-state index contributed by atoms with van der Waals surface area (Å²) in [5.74, 6) is -0.868. The summed E-state index contributed by atoms with van der Waals surface area (Å²) in [6.07, 6.45) is 5.68. The van der Waals surface area contributed by atoms with Crippen molar-refractivity contribution < 1.29 is 14.3 Å². The van der Waals surface area contributed by atoms with Gasteiger partial charge >= 0.3 is 5.97 Å². The average molecular weight is 277 g/mol. The number of aromatic nitrogens is 2. The molecule has 3 rings (SSSR count). The predicted octanol–water partition coefficient (Wildman–Crippen LogP) is 1.04. The number of esters is 1. The number of carbonyl (C=O) groups is 2. The third-order valence-corrected chi connectivity index (χ3v) is 3.91. The lowest BCUT2D eigenvalue weighted by atomic mass is 9.88. The first-order valence-corrected chi connectivity index (χ1v) is 7.18. The minimum Gasteiger partial charge on any atom is -0.452 e. The maximum absolute atomic E-state index is 12.2. The zero-order valence-corrected chi connectivity index (χ0v) is 11.5. The van der Waals surface area contributed by atoms with Crippen LogP contribution in [-0.4, -0.2) is 34.2 Å². The number of H-pyrrole nitrogens is 1. The van der Waals surface area contributed by atoms with Crippen molar-refractivity contribution in [1.82, 2.24) is 15.5 Å². The number of aryl methyl sites for hydroxylation is 1. The normalized spacial score (nSPS) is 22.8. The van der Waals surface area contributed by atoms with Crippen LogP contribution < -0.4 is 5.32 Å². The Morgan fingerprint density at radius 2 is 2.25 bits per heavy atom. The lowest BCUT2D eigenvalue weighted by Crippen LogP contribution is -2.38. The minimum atomic E-state index is -0.739. The Morgan fingerprint density at radius 3 is 3.00 bits per heavy atom. The molecule has 1 amide bonds. The summed E-state index contributed by atoms with van der Waals surface area (Å²) in [5.41, 5.74) is 1.92. The van der Waals surface area contributed by atoms with Crippen molar-refractivity contribution in [3.05, 3.63) is 17.5 Å². The van der Waals surface area contributed by atoms with Crippen molar-refractivity contribution in [3.63, 3.8) is 0 Å². The van der Waals surface area contributed by atoms with Gasteiger partial charge in [-0.25, -0.2) is 0 Å². The van der Waals surface area contributed by atoms with Gasteiger partial charge in [-0.1, -0.05) is 0 Å². The molecule has 2 aliphatic rings. The molecule has 1 aromatic rings. The number of hydrogen-bond donors (Lipinski definition) is 2. The Balaban J connectivity index is 1.60. The SMILES string of the molecule is CC(OC(=O)C1CCCc2cn[nH]c21)C(=O)NC1CC1. The van der Waals surface area contributed by atoms with E-state index in [4.69, 9.17) is 4.74 Å². The van der Waals surface area contributed by atoms with E-state index in [-0.39, 0.29) is 23.8 Å². The number of hydrogen-bond acceptors (Lipinski definition) is 4. The summed E-state index contributed by atoms with van der Waals surface area (Å²) >= 11 is 0. The van der Waals surface area contributed by atoms with Gasteiger partial charge in [0.05, 0.1) is 17.8 Å². The maximum Gasteiger partial charge on any atom is 0.315 e. The highest BCUT2D eigenvalue weighted by Crippen LogP contribution is 2.31. The van der Waals surface area contributed by atoms with Gasteiger partial charge in [0.15, 0.2) is 6.10 Å². The number of nitrogens with one attached hydrogen (secondary N) is 2. The second-order valence-corrected chi connectivity index (χ2v) is 5.62. The topological polar surface area (TPSA) is 84.1 Å². The summed E-state index contributed by atoms with van der Waals surface area (Å²) < 4.78 is 5.31. The van der Waals surface area contributed by atoms with Crippen molar-refractivity contribution in [2.45, 2.75) is 57.1 Å². The maximum atomic E-state index is 12.2. The van der Waals surface area contributed by atoms with Gasteiger partial charge in [-0.05, 0) is 44.6 Å². The van der Waals surface area contributed by atoms with E-state index in [2.05, 4.69) is 15.5 Å². The van der Waals surface area contributed by atoms with Crippen LogP contribution >= 0.6 is 0 Å². The number of nitrogens with zero attached hydrogens (tertiary/aromatic N) is 1. The lowest BCUT2D eigenvalue weighted by Gasteiger charge is -2.22. The van der Waals surface area contributed by atoms with Gasteiger partial charge in [0.1, 0.15) is 0 Å². The summed E-state index contributed by atoms with van der Waals surface area (Å²) in [6, 6.07) is 0.276. The Labute approximate surface area is 117 Å². The van der Waals surface area contributed by atoms with Gasteiger partial charge in [0.25, 0.3) is 5.91 Å². The zero-order valence-electron chi connectivity index (χ0n) is 11.5. The van der Waals surface area contributed by atoms with Gasteiger partial charge in [-0.3, -0.25) is 14.7 Å². The molecule has 108 valence electrons. The van der Waals surface area contributed by atoms with Crippen molar-refractivity contribution in [1.29, 1.82) is 0 Å². The van der Waals surface area contributed by atoms with Gasteiger partial charge in [0.2, 0.25) is 0 Å². The van der Waals surface area contributed by atoms with Gasteiger partial charge in [-0.2, -0.15) is 5.10 Å². The smallest absolute Gasteiger partial charge is 0.315 e. The fraction of sp³-hybridized carbons (Fsp3) is 0.643. The molecule has 0 radical (unpaired) electrons. The standard InChI is InChI=1S/C14H19N3O3/c1-8(13(18)16-10-5-6-10)20-14(19)11-4-2-3-9-7-15-17-12(9)11/h7-8,10-11H,2-6H2,1H3,(H,15,17)(H,16,18). The Morgan fingerprint density at radius 1 is 1.45 bits per heavy atom. The van der Waals surface area contributed by atoms with Gasteiger partial charge < -0.3 is 10.1 Å². The van der Waals surface area contributed by atoms with Crippen LogP contribution in [-0.2, 0) is 20.7 Å². The van der Waals surface area contributed by atoms with Crippen LogP contribution in [0.3, 0.4) is 0 Å². The number of aromatic amines is 1. The highest BCUT2D eigenvalue weighted by atomic mass is 16.5. The summed E-state index contributed by atoms with van der Waals surface area (Å²) in [6.45, 7) is 1.62. The average Bonchev–Trinajstić information content (AvgIpc) is 3.11. The molecular formula is C14H19N3O3. The molecule has 0 spiro atoms. The van der Waals surface area contributed by atoms with E-state index >= 15 is 0 Å². The van der Waals surface area contributed by atoms with Crippen LogP contribution in [0.5, 0.6) is 0 Å². The van der Waals surface area contributed by atoms with Crippen molar-refractivity contribution >= 4 is 11.9 Å². The number of carbonyl (C=O) groups excluding carboxylic acids is 2. The second-order valence-electron chi connectivity index (χ2n) is 5.62. The van der Waals surface area contributed by atoms with E-state index in [1.165, 1.54) is 0 Å². The molecule has 20 heavy (non-hydrogen) atoms. The molecule has 0 bridgehead atoms. The summed E-state index contributed by atoms with van der Waals surface area (Å²) in [7, 11) is 0. The van der Waals surface area contributed by atoms with Crippen LogP contribution in [0.25, 0.3) is 0 Å². The van der Waals surface area contributed by atoms with E-state index in [0.29, 0.717) is 0 Å². The fourth-order valence-electron chi connectivity index (χ4n) is 2.55. The Bertz CT molecular complexity index is 521. The molecule has 0 aliphatic heterocycles. The highest BCUT2D eigenvalue weighted by molar-refractivity contribution is 5.85. The van der Waals surface area contributed by atoms with Crippen molar-refractivity contribution in [2.24, 2.45) is 0 Å². The molecule has 1 heterocycles. The number of ether oxygens (including phenoxy) is 1. The molecule has 1 fully saturated rings. The predicted molar refractivity (Wildman–Crippen MR) is 71.0 cm³/mol. The Kier molecular flexibility index (Phi) is 3.46. The van der Waals surface area contributed by atoms with Gasteiger partial charge in [0, 0.05) is 6.04 Å². The molecule has 1 saturated carbocycles. The molecule has 0 saturated heterocycles. The fourth-order valence-corrected chi connectivity index (χ4v) is 2.55. The first kappa shape index (κ1) is 13.1. The van der Waals surface area contributed by atoms with Crippen molar-refractivity contribution in [2.75, 3.05) is 0 Å². The molecule has 2 aliphatic carbocycles. The van der Waals surface area contributed by atoms with Gasteiger partial charge in [-0.15, -0.1) is 0 Å². The van der Waals surface area contributed by atoms with Crippen LogP contribution in [0.1, 0.15) is 49.8 Å². The van der Waals surface area contributed by atoms with E-state index in [1.807, 2.05) is 0 Å². The number of amides is 1. The molecule has 2 N–H and O–H groups in total. The van der Waals surface area contributed by atoms with Crippen LogP contribution in [0.15, 0.2) is 6.20 Å². The van der Waals surface area contributed by atoms with Crippen LogP contribution in [0.2, 0.25) is 0 Å². The quantitative estimate of drug-likeness (QED) is 0.805. The minimum absolute atomic E-state index is 0.207. The summed E-state index contributed by atoms with van der Waals surface area (Å²) in [5, 5.41) is 9.71. The van der Waals surface area contributed by atoms with E-state index < -0.39 is 6.10 Å². The van der Waals surface area contributed by atoms with E-state index in [1.54, 1.807) is 13.1 Å². The molecule has 1 aromatic heterocycles. The van der Waals surface area contributed by atoms with Crippen LogP contribution in [0, 0.1) is 0 Å². The molecule has 2 atom stereocenters. The zero-order chi connectivity index (χ0) is 14.1. The lowest BCUT2D eigenvalue weighted by molar-refractivity contribution is -0.156. The molecular weight excluding hydrogens is 258 g/mol. The monoisotopic (exact) mass is 277 g/mol. The van der Waals surface area contributed by atoms with E-state index in [9.17, 15) is 9.59 Å². The molecule has 6 heteroatoms. The molecule has 2 unspecified atom stereocenters. The first-order chi connectivity index (χ1) is 9.65. The second kappa shape index (κ2) is 5.26. The number of fused-ring (bicyclic) bond motifs is 1. The number of rotatable bonds is 4. The van der Waals surface area contributed by atoms with Crippen molar-refractivity contribution in [3.8, 4) is 0 Å². The summed E-state index contributed by atoms with van der Waals surface area (Å²) in [4.78, 5) is 24.0. The Hall–Kier alpha value is -1.85. The molecule has 0 aromatic carbocycles. The van der Waals surface area contributed by atoms with Crippen LogP contribution in [0.4, 0.5) is 0 Å². The third-order valence-electron chi connectivity index (χ3n) is 3.91. The van der Waals surface area contributed by atoms with E-state index in [0.717, 1.165) is 43.4 Å². The highest BCUT2D eigenvalue weighted by Gasteiger charge is 2.32.